The number of hydrogen-bond donors (Lipinski definition) is 1. The number of fused-ring (bicyclic) bond motifs is 2. The normalized spacial score (nSPS) is 27.4. The van der Waals surface area contributed by atoms with Gasteiger partial charge in [-0.15, -0.1) is 0 Å². The first-order valence-electron chi connectivity index (χ1n) is 6.68. The van der Waals surface area contributed by atoms with Crippen LogP contribution in [0, 0.1) is 11.8 Å². The Hall–Kier alpha value is -1.26. The number of likely N-dealkylation sites (tertiary alicyclic amines) is 1. The smallest absolute Gasteiger partial charge is 0.407 e. The lowest BCUT2D eigenvalue weighted by atomic mass is 10.0. The van der Waals surface area contributed by atoms with Crippen LogP contribution in [0.1, 0.15) is 33.1 Å². The minimum absolute atomic E-state index is 0.0441. The van der Waals surface area contributed by atoms with Crippen LogP contribution in [-0.4, -0.2) is 42.6 Å². The maximum absolute atomic E-state index is 12.5. The van der Waals surface area contributed by atoms with E-state index >= 15 is 0 Å². The summed E-state index contributed by atoms with van der Waals surface area (Å²) in [5.41, 5.74) is 0. The van der Waals surface area contributed by atoms with Crippen molar-refractivity contribution in [3.05, 3.63) is 0 Å². The molecule has 2 unspecified atom stereocenters. The van der Waals surface area contributed by atoms with E-state index in [0.717, 1.165) is 19.4 Å². The van der Waals surface area contributed by atoms with Crippen molar-refractivity contribution in [3.63, 3.8) is 0 Å². The summed E-state index contributed by atoms with van der Waals surface area (Å²) in [5, 5.41) is 2.65. The average molecular weight is 254 g/mol. The van der Waals surface area contributed by atoms with Crippen molar-refractivity contribution in [2.75, 3.05) is 13.7 Å². The number of carbonyl (C=O) groups is 2. The van der Waals surface area contributed by atoms with E-state index in [1.165, 1.54) is 13.5 Å². The molecule has 1 aliphatic carbocycles. The Morgan fingerprint density at radius 2 is 2.06 bits per heavy atom. The van der Waals surface area contributed by atoms with Gasteiger partial charge in [0.05, 0.1) is 7.11 Å². The van der Waals surface area contributed by atoms with Crippen LogP contribution in [0.15, 0.2) is 0 Å². The fourth-order valence-corrected chi connectivity index (χ4v) is 3.07. The van der Waals surface area contributed by atoms with E-state index in [1.54, 1.807) is 0 Å². The molecule has 0 aromatic rings. The molecule has 102 valence electrons. The molecule has 2 aliphatic rings. The highest BCUT2D eigenvalue weighted by Crippen LogP contribution is 2.37. The van der Waals surface area contributed by atoms with Crippen molar-refractivity contribution in [1.82, 2.24) is 10.2 Å². The van der Waals surface area contributed by atoms with Crippen molar-refractivity contribution in [2.24, 2.45) is 11.8 Å². The standard InChI is InChI=1S/C13H22N2O3/c1-8(2)11(14-13(17)18-3)12(16)15-7-9-4-5-10(15)6-9/h8-11H,4-7H2,1-3H3,(H,14,17)/t9?,10?,11-/m0/s1. The molecule has 3 atom stereocenters. The highest BCUT2D eigenvalue weighted by Gasteiger charge is 2.42. The second-order valence-electron chi connectivity index (χ2n) is 5.68. The highest BCUT2D eigenvalue weighted by molar-refractivity contribution is 5.86. The number of nitrogens with zero attached hydrogens (tertiary/aromatic N) is 1. The maximum Gasteiger partial charge on any atom is 0.407 e. The van der Waals surface area contributed by atoms with Crippen LogP contribution in [0.3, 0.4) is 0 Å². The lowest BCUT2D eigenvalue weighted by Crippen LogP contribution is -2.53. The largest absolute Gasteiger partial charge is 0.453 e. The predicted octanol–water partition coefficient (Wildman–Crippen LogP) is 1.38. The first-order chi connectivity index (χ1) is 8.52. The lowest BCUT2D eigenvalue weighted by Gasteiger charge is -2.32. The molecule has 2 rings (SSSR count). The lowest BCUT2D eigenvalue weighted by molar-refractivity contribution is -0.136. The molecule has 1 aliphatic heterocycles. The third-order valence-corrected chi connectivity index (χ3v) is 4.08. The van der Waals surface area contributed by atoms with Gasteiger partial charge in [0.25, 0.3) is 0 Å². The number of methoxy groups -OCH3 is 1. The summed E-state index contributed by atoms with van der Waals surface area (Å²) in [7, 11) is 1.31. The molecule has 1 heterocycles. The van der Waals surface area contributed by atoms with Gasteiger partial charge in [0, 0.05) is 12.6 Å². The Kier molecular flexibility index (Phi) is 3.78. The summed E-state index contributed by atoms with van der Waals surface area (Å²) in [4.78, 5) is 25.7. The second-order valence-corrected chi connectivity index (χ2v) is 5.68. The summed E-state index contributed by atoms with van der Waals surface area (Å²) in [6.45, 7) is 4.73. The van der Waals surface area contributed by atoms with E-state index in [1.807, 2.05) is 18.7 Å². The molecular weight excluding hydrogens is 232 g/mol. The molecule has 0 radical (unpaired) electrons. The Labute approximate surface area is 108 Å². The predicted molar refractivity (Wildman–Crippen MR) is 67.0 cm³/mol. The van der Waals surface area contributed by atoms with Crippen molar-refractivity contribution in [2.45, 2.75) is 45.2 Å². The minimum Gasteiger partial charge on any atom is -0.453 e. The number of rotatable bonds is 3. The average Bonchev–Trinajstić information content (AvgIpc) is 2.96. The number of hydrogen-bond acceptors (Lipinski definition) is 3. The van der Waals surface area contributed by atoms with E-state index in [9.17, 15) is 9.59 Å². The van der Waals surface area contributed by atoms with Gasteiger partial charge in [-0.25, -0.2) is 4.79 Å². The number of alkyl carbamates (subject to hydrolysis) is 1. The van der Waals surface area contributed by atoms with Crippen molar-refractivity contribution in [3.8, 4) is 0 Å². The van der Waals surface area contributed by atoms with Crippen LogP contribution in [0.25, 0.3) is 0 Å². The van der Waals surface area contributed by atoms with Crippen molar-refractivity contribution < 1.29 is 14.3 Å². The summed E-state index contributed by atoms with van der Waals surface area (Å²) in [6, 6.07) is -0.0833. The topological polar surface area (TPSA) is 58.6 Å². The first kappa shape index (κ1) is 13.2. The molecule has 2 amide bonds. The Morgan fingerprint density at radius 1 is 1.33 bits per heavy atom. The Bertz CT molecular complexity index is 343. The number of ether oxygens (including phenoxy) is 1. The Morgan fingerprint density at radius 3 is 2.50 bits per heavy atom. The van der Waals surface area contributed by atoms with Crippen LogP contribution < -0.4 is 5.32 Å². The van der Waals surface area contributed by atoms with Gasteiger partial charge < -0.3 is 15.0 Å². The molecule has 2 fully saturated rings. The molecule has 1 saturated heterocycles. The zero-order chi connectivity index (χ0) is 13.3. The monoisotopic (exact) mass is 254 g/mol. The number of nitrogens with one attached hydrogen (secondary N) is 1. The molecule has 1 N–H and O–H groups in total. The number of amides is 2. The summed E-state index contributed by atoms with van der Waals surface area (Å²) >= 11 is 0. The van der Waals surface area contributed by atoms with Crippen LogP contribution >= 0.6 is 0 Å². The minimum atomic E-state index is -0.536. The van der Waals surface area contributed by atoms with Crippen LogP contribution in [0.5, 0.6) is 0 Å². The van der Waals surface area contributed by atoms with Gasteiger partial charge in [-0.2, -0.15) is 0 Å². The van der Waals surface area contributed by atoms with E-state index in [2.05, 4.69) is 10.1 Å². The fourth-order valence-electron chi connectivity index (χ4n) is 3.07. The van der Waals surface area contributed by atoms with Gasteiger partial charge in [0.15, 0.2) is 0 Å². The highest BCUT2D eigenvalue weighted by atomic mass is 16.5. The van der Waals surface area contributed by atoms with E-state index in [4.69, 9.17) is 0 Å². The molecule has 5 heteroatoms. The molecular formula is C13H22N2O3. The fraction of sp³-hybridized carbons (Fsp3) is 0.846. The summed E-state index contributed by atoms with van der Waals surface area (Å²) in [6.07, 6.45) is 2.95. The van der Waals surface area contributed by atoms with Gasteiger partial charge in [-0.05, 0) is 31.1 Å². The maximum atomic E-state index is 12.5. The van der Waals surface area contributed by atoms with Gasteiger partial charge in [-0.3, -0.25) is 4.79 Å². The third kappa shape index (κ3) is 2.44. The number of piperidine rings is 1. The van der Waals surface area contributed by atoms with Gasteiger partial charge in [-0.1, -0.05) is 13.8 Å². The van der Waals surface area contributed by atoms with Gasteiger partial charge in [0.2, 0.25) is 5.91 Å². The summed E-state index contributed by atoms with van der Waals surface area (Å²) < 4.78 is 4.58. The summed E-state index contributed by atoms with van der Waals surface area (Å²) in [5.74, 6) is 0.781. The van der Waals surface area contributed by atoms with Crippen molar-refractivity contribution in [1.29, 1.82) is 0 Å². The van der Waals surface area contributed by atoms with Crippen molar-refractivity contribution >= 4 is 12.0 Å². The molecule has 0 spiro atoms. The first-order valence-corrected chi connectivity index (χ1v) is 6.68. The molecule has 2 bridgehead atoms. The molecule has 18 heavy (non-hydrogen) atoms. The van der Waals surface area contributed by atoms with Crippen LogP contribution in [-0.2, 0) is 9.53 Å². The number of carbonyl (C=O) groups excluding carboxylic acids is 2. The second kappa shape index (κ2) is 5.16. The molecule has 1 saturated carbocycles. The van der Waals surface area contributed by atoms with Crippen LogP contribution in [0.4, 0.5) is 4.79 Å². The molecule has 5 nitrogen and oxygen atoms in total. The van der Waals surface area contributed by atoms with Gasteiger partial charge >= 0.3 is 6.09 Å². The zero-order valence-electron chi connectivity index (χ0n) is 11.3. The Balaban J connectivity index is 2.02. The third-order valence-electron chi connectivity index (χ3n) is 4.08. The van der Waals surface area contributed by atoms with E-state index in [0.29, 0.717) is 12.0 Å². The zero-order valence-corrected chi connectivity index (χ0v) is 11.3. The van der Waals surface area contributed by atoms with E-state index in [-0.39, 0.29) is 11.8 Å². The van der Waals surface area contributed by atoms with Gasteiger partial charge in [0.1, 0.15) is 6.04 Å². The quantitative estimate of drug-likeness (QED) is 0.827. The van der Waals surface area contributed by atoms with Crippen LogP contribution in [0.2, 0.25) is 0 Å². The molecule has 0 aromatic carbocycles. The SMILES string of the molecule is COC(=O)N[C@H](C(=O)N1CC2CCC1C2)C(C)C. The molecule has 0 aromatic heterocycles. The van der Waals surface area contributed by atoms with E-state index < -0.39 is 12.1 Å².